The van der Waals surface area contributed by atoms with Crippen molar-refractivity contribution in [2.24, 2.45) is 16.3 Å². The lowest BCUT2D eigenvalue weighted by atomic mass is 9.72. The fourth-order valence-electron chi connectivity index (χ4n) is 4.33. The number of rotatable bonds is 5. The third-order valence-electron chi connectivity index (χ3n) is 6.29. The molecule has 1 atom stereocenters. The molecule has 0 unspecified atom stereocenters. The number of carbonyl (C=O) groups is 1. The molecule has 0 aliphatic heterocycles. The van der Waals surface area contributed by atoms with Crippen LogP contribution in [0.25, 0.3) is 0 Å². The van der Waals surface area contributed by atoms with Gasteiger partial charge in [0.2, 0.25) is 0 Å². The van der Waals surface area contributed by atoms with E-state index in [1.54, 1.807) is 18.4 Å². The number of halogens is 2. The fourth-order valence-corrected chi connectivity index (χ4v) is 7.86. The Bertz CT molecular complexity index is 1210. The SMILES string of the molecule is COc1c(I)cc(C=Nc2sc3c(c2C(=O)Nc2ccccc2)CC[C@@H](C(C)(C)C)C3)cc1I. The molecule has 0 fully saturated rings. The number of ether oxygens (including phenoxy) is 1. The average Bonchev–Trinajstić information content (AvgIpc) is 3.15. The Hall–Kier alpha value is -1.46. The number of para-hydroxylation sites is 1. The van der Waals surface area contributed by atoms with Gasteiger partial charge in [-0.25, -0.2) is 4.99 Å². The van der Waals surface area contributed by atoms with Crippen LogP contribution in [-0.4, -0.2) is 19.2 Å². The molecule has 34 heavy (non-hydrogen) atoms. The van der Waals surface area contributed by atoms with E-state index in [1.165, 1.54) is 10.4 Å². The van der Waals surface area contributed by atoms with E-state index in [2.05, 4.69) is 83.4 Å². The zero-order valence-corrected chi connectivity index (χ0v) is 24.9. The predicted molar refractivity (Wildman–Crippen MR) is 159 cm³/mol. The maximum absolute atomic E-state index is 13.5. The Labute approximate surface area is 232 Å². The highest BCUT2D eigenvalue weighted by Crippen LogP contribution is 2.45. The Morgan fingerprint density at radius 2 is 1.85 bits per heavy atom. The van der Waals surface area contributed by atoms with Gasteiger partial charge in [0.25, 0.3) is 5.91 Å². The number of anilines is 1. The third-order valence-corrected chi connectivity index (χ3v) is 9.05. The Balaban J connectivity index is 1.72. The van der Waals surface area contributed by atoms with Gasteiger partial charge in [-0.2, -0.15) is 0 Å². The number of amides is 1. The standard InChI is InChI=1S/C27H28I2N2O2S/c1-27(2,3)17-10-11-19-22(14-17)34-26(23(19)25(32)31-18-8-6-5-7-9-18)30-15-16-12-20(28)24(33-4)21(29)13-16/h5-9,12-13,15,17H,10-11,14H2,1-4H3,(H,31,32)/t17-/m1/s1. The van der Waals surface area contributed by atoms with Crippen LogP contribution in [0, 0.1) is 18.5 Å². The van der Waals surface area contributed by atoms with E-state index in [0.717, 1.165) is 54.0 Å². The van der Waals surface area contributed by atoms with E-state index in [-0.39, 0.29) is 11.3 Å². The van der Waals surface area contributed by atoms with E-state index in [0.29, 0.717) is 5.92 Å². The summed E-state index contributed by atoms with van der Waals surface area (Å²) in [6, 6.07) is 13.7. The smallest absolute Gasteiger partial charge is 0.259 e. The molecule has 2 aromatic carbocycles. The van der Waals surface area contributed by atoms with Crippen molar-refractivity contribution in [3.8, 4) is 5.75 Å². The van der Waals surface area contributed by atoms with Crippen LogP contribution >= 0.6 is 56.5 Å². The molecule has 0 spiro atoms. The first-order valence-corrected chi connectivity index (χ1v) is 14.2. The third kappa shape index (κ3) is 5.67. The zero-order chi connectivity index (χ0) is 24.5. The number of benzene rings is 2. The number of methoxy groups -OCH3 is 1. The molecule has 1 aliphatic carbocycles. The molecule has 1 aliphatic rings. The topological polar surface area (TPSA) is 50.7 Å². The molecule has 3 aromatic rings. The summed E-state index contributed by atoms with van der Waals surface area (Å²) in [4.78, 5) is 19.6. The minimum Gasteiger partial charge on any atom is -0.495 e. The number of hydrogen-bond donors (Lipinski definition) is 1. The van der Waals surface area contributed by atoms with Crippen LogP contribution in [0.5, 0.6) is 5.75 Å². The summed E-state index contributed by atoms with van der Waals surface area (Å²) in [6.07, 6.45) is 4.88. The maximum Gasteiger partial charge on any atom is 0.259 e. The largest absolute Gasteiger partial charge is 0.495 e. The summed E-state index contributed by atoms with van der Waals surface area (Å²) in [5.41, 5.74) is 3.93. The van der Waals surface area contributed by atoms with E-state index in [4.69, 9.17) is 9.73 Å². The molecule has 4 nitrogen and oxygen atoms in total. The van der Waals surface area contributed by atoms with Gasteiger partial charge in [-0.05, 0) is 111 Å². The lowest BCUT2D eigenvalue weighted by Crippen LogP contribution is -2.27. The van der Waals surface area contributed by atoms with Gasteiger partial charge >= 0.3 is 0 Å². The van der Waals surface area contributed by atoms with Crippen molar-refractivity contribution >= 4 is 79.3 Å². The van der Waals surface area contributed by atoms with E-state index in [1.807, 2.05) is 36.5 Å². The normalized spacial score (nSPS) is 15.9. The second-order valence-electron chi connectivity index (χ2n) is 9.59. The van der Waals surface area contributed by atoms with Gasteiger partial charge in [-0.3, -0.25) is 4.79 Å². The van der Waals surface area contributed by atoms with E-state index >= 15 is 0 Å². The van der Waals surface area contributed by atoms with Crippen molar-refractivity contribution in [2.45, 2.75) is 40.0 Å². The molecule has 1 amide bonds. The highest BCUT2D eigenvalue weighted by Gasteiger charge is 2.33. The summed E-state index contributed by atoms with van der Waals surface area (Å²) >= 11 is 6.23. The highest BCUT2D eigenvalue weighted by atomic mass is 127. The second-order valence-corrected chi connectivity index (χ2v) is 13.0. The second kappa shape index (κ2) is 10.7. The maximum atomic E-state index is 13.5. The van der Waals surface area contributed by atoms with Crippen molar-refractivity contribution in [1.29, 1.82) is 0 Å². The van der Waals surface area contributed by atoms with Crippen molar-refractivity contribution in [1.82, 2.24) is 0 Å². The van der Waals surface area contributed by atoms with Crippen molar-refractivity contribution < 1.29 is 9.53 Å². The number of hydrogen-bond acceptors (Lipinski definition) is 4. The van der Waals surface area contributed by atoms with Crippen molar-refractivity contribution in [3.63, 3.8) is 0 Å². The number of nitrogens with one attached hydrogen (secondary N) is 1. The quantitative estimate of drug-likeness (QED) is 0.216. The predicted octanol–water partition coefficient (Wildman–Crippen LogP) is 8.12. The zero-order valence-electron chi connectivity index (χ0n) is 19.7. The first kappa shape index (κ1) is 25.6. The van der Waals surface area contributed by atoms with Gasteiger partial charge < -0.3 is 10.1 Å². The fraction of sp³-hybridized carbons (Fsp3) is 0.333. The molecule has 1 N–H and O–H groups in total. The molecule has 7 heteroatoms. The van der Waals surface area contributed by atoms with Crippen LogP contribution < -0.4 is 10.1 Å². The van der Waals surface area contributed by atoms with Crippen molar-refractivity contribution in [3.05, 3.63) is 71.2 Å². The number of aliphatic imine (C=N–C) groups is 1. The summed E-state index contributed by atoms with van der Waals surface area (Å²) in [7, 11) is 1.69. The number of nitrogens with zero attached hydrogens (tertiary/aromatic N) is 1. The Morgan fingerprint density at radius 1 is 1.18 bits per heavy atom. The van der Waals surface area contributed by atoms with Crippen LogP contribution in [0.2, 0.25) is 0 Å². The van der Waals surface area contributed by atoms with Crippen molar-refractivity contribution in [2.75, 3.05) is 12.4 Å². The summed E-state index contributed by atoms with van der Waals surface area (Å²) in [5, 5.41) is 3.87. The van der Waals surface area contributed by atoms with Crippen LogP contribution in [-0.2, 0) is 12.8 Å². The van der Waals surface area contributed by atoms with Gasteiger partial charge in [0.05, 0.1) is 19.8 Å². The van der Waals surface area contributed by atoms with Crippen LogP contribution in [0.3, 0.4) is 0 Å². The molecule has 0 radical (unpaired) electrons. The van der Waals surface area contributed by atoms with Crippen LogP contribution in [0.15, 0.2) is 47.5 Å². The van der Waals surface area contributed by atoms with Crippen LogP contribution in [0.1, 0.15) is 53.6 Å². The van der Waals surface area contributed by atoms with Crippen LogP contribution in [0.4, 0.5) is 10.7 Å². The molecular weight excluding hydrogens is 670 g/mol. The van der Waals surface area contributed by atoms with E-state index < -0.39 is 0 Å². The summed E-state index contributed by atoms with van der Waals surface area (Å²) in [5.74, 6) is 1.40. The molecule has 0 saturated heterocycles. The molecule has 0 saturated carbocycles. The highest BCUT2D eigenvalue weighted by molar-refractivity contribution is 14.1. The van der Waals surface area contributed by atoms with Gasteiger partial charge in [-0.15, -0.1) is 11.3 Å². The summed E-state index contributed by atoms with van der Waals surface area (Å²) < 4.78 is 7.56. The Morgan fingerprint density at radius 3 is 2.47 bits per heavy atom. The number of thiophene rings is 1. The van der Waals surface area contributed by atoms with Gasteiger partial charge in [0, 0.05) is 16.8 Å². The molecule has 0 bridgehead atoms. The minimum absolute atomic E-state index is 0.0797. The monoisotopic (exact) mass is 698 g/mol. The molecule has 178 valence electrons. The number of fused-ring (bicyclic) bond motifs is 1. The lowest BCUT2D eigenvalue weighted by Gasteiger charge is -2.33. The minimum atomic E-state index is -0.0797. The Kier molecular flexibility index (Phi) is 8.03. The molecule has 4 rings (SSSR count). The molecular formula is C27H28I2N2O2S. The van der Waals surface area contributed by atoms with Gasteiger partial charge in [0.1, 0.15) is 10.8 Å². The average molecular weight is 698 g/mol. The molecule has 1 heterocycles. The van der Waals surface area contributed by atoms with Gasteiger partial charge in [-0.1, -0.05) is 39.0 Å². The summed E-state index contributed by atoms with van der Waals surface area (Å²) in [6.45, 7) is 6.93. The van der Waals surface area contributed by atoms with E-state index in [9.17, 15) is 4.79 Å². The van der Waals surface area contributed by atoms with Gasteiger partial charge in [0.15, 0.2) is 0 Å². The first-order valence-electron chi connectivity index (χ1n) is 11.3. The first-order chi connectivity index (χ1) is 16.2. The number of carbonyl (C=O) groups excluding carboxylic acids is 1. The molecule has 1 aromatic heterocycles. The lowest BCUT2D eigenvalue weighted by molar-refractivity contribution is 0.102.